The molecule has 110 valence electrons. The predicted octanol–water partition coefficient (Wildman–Crippen LogP) is 2.50. The van der Waals surface area contributed by atoms with E-state index in [0.717, 1.165) is 10.5 Å². The lowest BCUT2D eigenvalue weighted by Gasteiger charge is -2.16. The molecule has 1 amide bonds. The highest BCUT2D eigenvalue weighted by molar-refractivity contribution is 8.00. The fourth-order valence-corrected chi connectivity index (χ4v) is 2.73. The number of amides is 1. The van der Waals surface area contributed by atoms with E-state index in [-0.39, 0.29) is 18.6 Å². The molecule has 0 fully saturated rings. The zero-order valence-electron chi connectivity index (χ0n) is 11.7. The molecular formula is C17H19NO2S. The van der Waals surface area contributed by atoms with Crippen molar-refractivity contribution in [3.63, 3.8) is 0 Å². The van der Waals surface area contributed by atoms with Crippen LogP contribution in [0, 0.1) is 0 Å². The monoisotopic (exact) mass is 301 g/mol. The number of thioether (sulfide) groups is 1. The minimum absolute atomic E-state index is 0.0566. The van der Waals surface area contributed by atoms with Gasteiger partial charge in [-0.3, -0.25) is 4.79 Å². The molecule has 0 saturated carbocycles. The Bertz CT molecular complexity index is 545. The molecule has 4 heteroatoms. The topological polar surface area (TPSA) is 49.3 Å². The summed E-state index contributed by atoms with van der Waals surface area (Å²) in [7, 11) is 0. The summed E-state index contributed by atoms with van der Waals surface area (Å²) in [6.07, 6.45) is 0.638. The third-order valence-electron chi connectivity index (χ3n) is 3.02. The molecule has 0 aliphatic carbocycles. The van der Waals surface area contributed by atoms with Crippen molar-refractivity contribution >= 4 is 17.7 Å². The van der Waals surface area contributed by atoms with Crippen LogP contribution in [0.15, 0.2) is 65.6 Å². The largest absolute Gasteiger partial charge is 0.394 e. The molecule has 3 nitrogen and oxygen atoms in total. The second kappa shape index (κ2) is 8.49. The minimum Gasteiger partial charge on any atom is -0.394 e. The van der Waals surface area contributed by atoms with Crippen molar-refractivity contribution in [3.05, 3.63) is 66.2 Å². The molecule has 1 atom stereocenters. The van der Waals surface area contributed by atoms with Crippen LogP contribution in [0.4, 0.5) is 0 Å². The summed E-state index contributed by atoms with van der Waals surface area (Å²) in [5, 5.41) is 12.3. The van der Waals surface area contributed by atoms with Gasteiger partial charge in [-0.15, -0.1) is 11.8 Å². The summed E-state index contributed by atoms with van der Waals surface area (Å²) >= 11 is 1.49. The van der Waals surface area contributed by atoms with E-state index in [0.29, 0.717) is 12.2 Å². The van der Waals surface area contributed by atoms with Gasteiger partial charge in [0.15, 0.2) is 0 Å². The number of aliphatic hydroxyl groups is 1. The van der Waals surface area contributed by atoms with Gasteiger partial charge in [-0.1, -0.05) is 48.5 Å². The third-order valence-corrected chi connectivity index (χ3v) is 4.04. The highest BCUT2D eigenvalue weighted by Crippen LogP contribution is 2.16. The Hall–Kier alpha value is -1.78. The second-order valence-electron chi connectivity index (χ2n) is 4.74. The first-order chi connectivity index (χ1) is 10.3. The number of carbonyl (C=O) groups is 1. The molecule has 0 bridgehead atoms. The molecule has 2 rings (SSSR count). The maximum Gasteiger partial charge on any atom is 0.230 e. The maximum absolute atomic E-state index is 11.9. The van der Waals surface area contributed by atoms with Crippen LogP contribution in [0.5, 0.6) is 0 Å². The van der Waals surface area contributed by atoms with Crippen LogP contribution in [0.25, 0.3) is 0 Å². The minimum atomic E-state index is -0.240. The van der Waals surface area contributed by atoms with Crippen LogP contribution in [0.3, 0.4) is 0 Å². The Balaban J connectivity index is 1.80. The summed E-state index contributed by atoms with van der Waals surface area (Å²) in [6, 6.07) is 19.4. The summed E-state index contributed by atoms with van der Waals surface area (Å²) in [5.41, 5.74) is 1.10. The van der Waals surface area contributed by atoms with E-state index in [4.69, 9.17) is 0 Å². The van der Waals surface area contributed by atoms with Gasteiger partial charge in [-0.2, -0.15) is 0 Å². The van der Waals surface area contributed by atoms with E-state index in [1.165, 1.54) is 11.8 Å². The lowest BCUT2D eigenvalue weighted by Crippen LogP contribution is -2.40. The number of rotatable bonds is 7. The normalized spacial score (nSPS) is 11.9. The van der Waals surface area contributed by atoms with Crippen LogP contribution >= 0.6 is 11.8 Å². The number of hydrogen-bond donors (Lipinski definition) is 2. The van der Waals surface area contributed by atoms with E-state index in [2.05, 4.69) is 5.32 Å². The molecule has 0 saturated heterocycles. The number of hydrogen-bond acceptors (Lipinski definition) is 3. The first-order valence-corrected chi connectivity index (χ1v) is 7.88. The van der Waals surface area contributed by atoms with Crippen molar-refractivity contribution in [2.24, 2.45) is 0 Å². The zero-order chi connectivity index (χ0) is 14.9. The van der Waals surface area contributed by atoms with Gasteiger partial charge in [0.1, 0.15) is 0 Å². The van der Waals surface area contributed by atoms with Gasteiger partial charge >= 0.3 is 0 Å². The lowest BCUT2D eigenvalue weighted by atomic mass is 10.1. The maximum atomic E-state index is 11.9. The average molecular weight is 301 g/mol. The summed E-state index contributed by atoms with van der Waals surface area (Å²) < 4.78 is 0. The standard InChI is InChI=1S/C17H19NO2S/c19-12-15(11-14-7-3-1-4-8-14)18-17(20)13-21-16-9-5-2-6-10-16/h1-10,15,19H,11-13H2,(H,18,20)/t15-/m1/s1. The molecule has 2 aromatic carbocycles. The SMILES string of the molecule is O=C(CSc1ccccc1)N[C@@H](CO)Cc1ccccc1. The Kier molecular flexibility index (Phi) is 6.31. The number of aliphatic hydroxyl groups excluding tert-OH is 1. The quantitative estimate of drug-likeness (QED) is 0.773. The van der Waals surface area contributed by atoms with Crippen molar-refractivity contribution in [3.8, 4) is 0 Å². The fourth-order valence-electron chi connectivity index (χ4n) is 1.99. The summed E-state index contributed by atoms with van der Waals surface area (Å²) in [4.78, 5) is 13.0. The molecule has 2 aromatic rings. The van der Waals surface area contributed by atoms with Gasteiger partial charge in [-0.05, 0) is 24.1 Å². The van der Waals surface area contributed by atoms with Crippen molar-refractivity contribution in [1.82, 2.24) is 5.32 Å². The van der Waals surface area contributed by atoms with E-state index in [9.17, 15) is 9.90 Å². The highest BCUT2D eigenvalue weighted by Gasteiger charge is 2.12. The highest BCUT2D eigenvalue weighted by atomic mass is 32.2. The van der Waals surface area contributed by atoms with Crippen molar-refractivity contribution in [2.75, 3.05) is 12.4 Å². The molecule has 0 aliphatic heterocycles. The van der Waals surface area contributed by atoms with Crippen LogP contribution < -0.4 is 5.32 Å². The molecule has 0 radical (unpaired) electrons. The first-order valence-electron chi connectivity index (χ1n) is 6.90. The molecule has 21 heavy (non-hydrogen) atoms. The van der Waals surface area contributed by atoms with E-state index < -0.39 is 0 Å². The Morgan fingerprint density at radius 2 is 1.67 bits per heavy atom. The molecule has 0 aromatic heterocycles. The average Bonchev–Trinajstić information content (AvgIpc) is 2.54. The van der Waals surface area contributed by atoms with Gasteiger partial charge in [0.05, 0.1) is 18.4 Å². The van der Waals surface area contributed by atoms with E-state index in [1.807, 2.05) is 60.7 Å². The lowest BCUT2D eigenvalue weighted by molar-refractivity contribution is -0.119. The van der Waals surface area contributed by atoms with Crippen LogP contribution in [0.1, 0.15) is 5.56 Å². The number of nitrogens with one attached hydrogen (secondary N) is 1. The number of benzene rings is 2. The number of carbonyl (C=O) groups excluding carboxylic acids is 1. The van der Waals surface area contributed by atoms with Gasteiger partial charge in [0.2, 0.25) is 5.91 Å². The molecule has 0 spiro atoms. The van der Waals surface area contributed by atoms with E-state index >= 15 is 0 Å². The van der Waals surface area contributed by atoms with Gasteiger partial charge in [0, 0.05) is 4.90 Å². The van der Waals surface area contributed by atoms with Crippen molar-refractivity contribution in [2.45, 2.75) is 17.4 Å². The molecule has 0 heterocycles. The van der Waals surface area contributed by atoms with Crippen molar-refractivity contribution in [1.29, 1.82) is 0 Å². The van der Waals surface area contributed by atoms with Crippen LogP contribution in [-0.4, -0.2) is 29.4 Å². The van der Waals surface area contributed by atoms with Crippen molar-refractivity contribution < 1.29 is 9.90 Å². The van der Waals surface area contributed by atoms with Crippen LogP contribution in [0.2, 0.25) is 0 Å². The Labute approximate surface area is 129 Å². The van der Waals surface area contributed by atoms with Gasteiger partial charge in [-0.25, -0.2) is 0 Å². The summed E-state index contributed by atoms with van der Waals surface area (Å²) in [5.74, 6) is 0.300. The molecule has 0 unspecified atom stereocenters. The van der Waals surface area contributed by atoms with Gasteiger partial charge in [0.25, 0.3) is 0 Å². The zero-order valence-corrected chi connectivity index (χ0v) is 12.6. The fraction of sp³-hybridized carbons (Fsp3) is 0.235. The smallest absolute Gasteiger partial charge is 0.230 e. The Morgan fingerprint density at radius 3 is 2.29 bits per heavy atom. The second-order valence-corrected chi connectivity index (χ2v) is 5.79. The Morgan fingerprint density at radius 1 is 1.05 bits per heavy atom. The molecule has 2 N–H and O–H groups in total. The summed E-state index contributed by atoms with van der Waals surface area (Å²) in [6.45, 7) is -0.0589. The molecular weight excluding hydrogens is 282 g/mol. The third kappa shape index (κ3) is 5.61. The van der Waals surface area contributed by atoms with E-state index in [1.54, 1.807) is 0 Å². The first kappa shape index (κ1) is 15.6. The molecule has 0 aliphatic rings. The predicted molar refractivity (Wildman–Crippen MR) is 86.3 cm³/mol. The van der Waals surface area contributed by atoms with Crippen LogP contribution in [-0.2, 0) is 11.2 Å². The van der Waals surface area contributed by atoms with Gasteiger partial charge < -0.3 is 10.4 Å².